The molecule has 1 unspecified atom stereocenters. The third-order valence-corrected chi connectivity index (χ3v) is 3.09. The molecule has 100 valence electrons. The van der Waals surface area contributed by atoms with Crippen LogP contribution in [0.1, 0.15) is 22.7 Å². The Morgan fingerprint density at radius 2 is 1.63 bits per heavy atom. The molecule has 0 radical (unpaired) electrons. The van der Waals surface area contributed by atoms with E-state index in [4.69, 9.17) is 5.73 Å². The minimum Gasteiger partial charge on any atom is -0.324 e. The molecular formula is C15H14F3N. The summed E-state index contributed by atoms with van der Waals surface area (Å²) >= 11 is 0. The molecule has 4 heteroatoms. The molecule has 0 amide bonds. The van der Waals surface area contributed by atoms with E-state index in [1.54, 1.807) is 13.0 Å². The summed E-state index contributed by atoms with van der Waals surface area (Å²) in [5.41, 5.74) is 7.58. The van der Waals surface area contributed by atoms with Crippen LogP contribution >= 0.6 is 0 Å². The van der Waals surface area contributed by atoms with E-state index < -0.39 is 23.5 Å². The van der Waals surface area contributed by atoms with Gasteiger partial charge in [-0.3, -0.25) is 0 Å². The monoisotopic (exact) mass is 265 g/mol. The first-order valence-corrected chi connectivity index (χ1v) is 5.93. The number of hydrogen-bond donors (Lipinski definition) is 1. The van der Waals surface area contributed by atoms with E-state index in [9.17, 15) is 13.2 Å². The van der Waals surface area contributed by atoms with E-state index in [1.807, 2.05) is 0 Å². The van der Waals surface area contributed by atoms with Gasteiger partial charge >= 0.3 is 0 Å². The van der Waals surface area contributed by atoms with Gasteiger partial charge in [0.25, 0.3) is 0 Å². The molecule has 2 aromatic carbocycles. The Morgan fingerprint density at radius 1 is 1.00 bits per heavy atom. The average Bonchev–Trinajstić information content (AvgIpc) is 2.36. The number of rotatable bonds is 3. The average molecular weight is 265 g/mol. The van der Waals surface area contributed by atoms with Crippen molar-refractivity contribution in [2.75, 3.05) is 0 Å². The number of nitrogens with two attached hydrogens (primary N) is 1. The van der Waals surface area contributed by atoms with Crippen LogP contribution in [0.2, 0.25) is 0 Å². The van der Waals surface area contributed by atoms with Crippen molar-refractivity contribution >= 4 is 0 Å². The molecule has 0 aliphatic heterocycles. The molecule has 2 N–H and O–H groups in total. The fourth-order valence-electron chi connectivity index (χ4n) is 2.06. The van der Waals surface area contributed by atoms with Crippen molar-refractivity contribution in [2.45, 2.75) is 19.4 Å². The highest BCUT2D eigenvalue weighted by Gasteiger charge is 2.14. The molecule has 0 saturated carbocycles. The minimum atomic E-state index is -0.577. The summed E-state index contributed by atoms with van der Waals surface area (Å²) in [5, 5.41) is 0. The molecule has 1 nitrogen and oxygen atoms in total. The van der Waals surface area contributed by atoms with Gasteiger partial charge in [0.2, 0.25) is 0 Å². The topological polar surface area (TPSA) is 26.0 Å². The maximum Gasteiger partial charge on any atom is 0.126 e. The molecule has 2 rings (SSSR count). The Hall–Kier alpha value is -1.81. The highest BCUT2D eigenvalue weighted by molar-refractivity contribution is 5.31. The SMILES string of the molecule is Cc1ccc(F)cc1C(N)Cc1cc(F)ccc1F. The van der Waals surface area contributed by atoms with E-state index in [1.165, 1.54) is 12.1 Å². The molecule has 1 atom stereocenters. The summed E-state index contributed by atoms with van der Waals surface area (Å²) in [7, 11) is 0. The maximum absolute atomic E-state index is 13.5. The fourth-order valence-corrected chi connectivity index (χ4v) is 2.06. The summed E-state index contributed by atoms with van der Waals surface area (Å²) in [6, 6.07) is 6.95. The van der Waals surface area contributed by atoms with Gasteiger partial charge in [0.15, 0.2) is 0 Å². The normalized spacial score (nSPS) is 12.5. The first kappa shape index (κ1) is 13.6. The zero-order valence-corrected chi connectivity index (χ0v) is 10.5. The highest BCUT2D eigenvalue weighted by atomic mass is 19.1. The fraction of sp³-hybridized carbons (Fsp3) is 0.200. The van der Waals surface area contributed by atoms with Gasteiger partial charge in [-0.15, -0.1) is 0 Å². The molecule has 0 spiro atoms. The zero-order valence-electron chi connectivity index (χ0n) is 10.5. The first-order chi connectivity index (χ1) is 8.97. The predicted molar refractivity (Wildman–Crippen MR) is 68.1 cm³/mol. The van der Waals surface area contributed by atoms with Crippen LogP contribution in [0.4, 0.5) is 13.2 Å². The Bertz CT molecular complexity index is 596. The maximum atomic E-state index is 13.5. The summed E-state index contributed by atoms with van der Waals surface area (Å²) in [4.78, 5) is 0. The van der Waals surface area contributed by atoms with Gasteiger partial charge in [-0.05, 0) is 60.4 Å². The van der Waals surface area contributed by atoms with Gasteiger partial charge in [0.1, 0.15) is 17.5 Å². The number of hydrogen-bond acceptors (Lipinski definition) is 1. The van der Waals surface area contributed by atoms with Crippen LogP contribution in [0.25, 0.3) is 0 Å². The smallest absolute Gasteiger partial charge is 0.126 e. The van der Waals surface area contributed by atoms with Crippen LogP contribution in [-0.2, 0) is 6.42 Å². The van der Waals surface area contributed by atoms with Gasteiger partial charge in [-0.2, -0.15) is 0 Å². The van der Waals surface area contributed by atoms with Crippen molar-refractivity contribution in [3.8, 4) is 0 Å². The van der Waals surface area contributed by atoms with E-state index in [0.717, 1.165) is 23.8 Å². The number of halogens is 3. The van der Waals surface area contributed by atoms with Crippen molar-refractivity contribution in [2.24, 2.45) is 5.73 Å². The van der Waals surface area contributed by atoms with Crippen molar-refractivity contribution < 1.29 is 13.2 Å². The van der Waals surface area contributed by atoms with Crippen molar-refractivity contribution in [3.63, 3.8) is 0 Å². The Labute approximate surface area is 109 Å². The van der Waals surface area contributed by atoms with Crippen LogP contribution < -0.4 is 5.73 Å². The van der Waals surface area contributed by atoms with E-state index in [2.05, 4.69) is 0 Å². The van der Waals surface area contributed by atoms with Crippen LogP contribution in [0.15, 0.2) is 36.4 Å². The lowest BCUT2D eigenvalue weighted by molar-refractivity contribution is 0.570. The molecule has 0 fully saturated rings. The van der Waals surface area contributed by atoms with E-state index in [-0.39, 0.29) is 12.0 Å². The molecular weight excluding hydrogens is 251 g/mol. The standard InChI is InChI=1S/C15H14F3N/c1-9-2-3-12(17)8-13(9)15(19)7-10-6-11(16)4-5-14(10)18/h2-6,8,15H,7,19H2,1H3. The Kier molecular flexibility index (Phi) is 3.90. The molecule has 0 heterocycles. The molecule has 0 aromatic heterocycles. The van der Waals surface area contributed by atoms with Gasteiger partial charge in [0, 0.05) is 6.04 Å². The van der Waals surface area contributed by atoms with Crippen molar-refractivity contribution in [1.82, 2.24) is 0 Å². The summed E-state index contributed by atoms with van der Waals surface area (Å²) < 4.78 is 39.8. The second-order valence-electron chi connectivity index (χ2n) is 4.55. The van der Waals surface area contributed by atoms with Crippen LogP contribution in [0, 0.1) is 24.4 Å². The highest BCUT2D eigenvalue weighted by Crippen LogP contribution is 2.22. The van der Waals surface area contributed by atoms with Crippen LogP contribution in [0.3, 0.4) is 0 Å². The molecule has 0 saturated heterocycles. The molecule has 0 aliphatic rings. The van der Waals surface area contributed by atoms with E-state index in [0.29, 0.717) is 5.56 Å². The number of benzene rings is 2. The lowest BCUT2D eigenvalue weighted by atomic mass is 9.96. The second kappa shape index (κ2) is 5.45. The Balaban J connectivity index is 2.27. The summed E-state index contributed by atoms with van der Waals surface area (Å²) in [6.45, 7) is 1.80. The van der Waals surface area contributed by atoms with Gasteiger partial charge < -0.3 is 5.73 Å². The summed E-state index contributed by atoms with van der Waals surface area (Å²) in [5.74, 6) is -1.42. The minimum absolute atomic E-state index is 0.119. The first-order valence-electron chi connectivity index (χ1n) is 5.93. The van der Waals surface area contributed by atoms with Crippen molar-refractivity contribution in [1.29, 1.82) is 0 Å². The quantitative estimate of drug-likeness (QED) is 0.900. The van der Waals surface area contributed by atoms with Crippen LogP contribution in [-0.4, -0.2) is 0 Å². The van der Waals surface area contributed by atoms with Crippen molar-refractivity contribution in [3.05, 3.63) is 70.5 Å². The Morgan fingerprint density at radius 3 is 2.37 bits per heavy atom. The lowest BCUT2D eigenvalue weighted by Gasteiger charge is -2.15. The van der Waals surface area contributed by atoms with Gasteiger partial charge in [0.05, 0.1) is 0 Å². The number of aryl methyl sites for hydroxylation is 1. The van der Waals surface area contributed by atoms with E-state index >= 15 is 0 Å². The lowest BCUT2D eigenvalue weighted by Crippen LogP contribution is -2.16. The van der Waals surface area contributed by atoms with Crippen LogP contribution in [0.5, 0.6) is 0 Å². The largest absolute Gasteiger partial charge is 0.324 e. The van der Waals surface area contributed by atoms with Gasteiger partial charge in [-0.25, -0.2) is 13.2 Å². The molecule has 19 heavy (non-hydrogen) atoms. The van der Waals surface area contributed by atoms with Gasteiger partial charge in [-0.1, -0.05) is 6.07 Å². The molecule has 0 aliphatic carbocycles. The summed E-state index contributed by atoms with van der Waals surface area (Å²) in [6.07, 6.45) is 0.119. The zero-order chi connectivity index (χ0) is 14.0. The third-order valence-electron chi connectivity index (χ3n) is 3.09. The third kappa shape index (κ3) is 3.15. The molecule has 0 bridgehead atoms. The molecule has 2 aromatic rings. The predicted octanol–water partition coefficient (Wildman–Crippen LogP) is 3.65. The second-order valence-corrected chi connectivity index (χ2v) is 4.55.